The molecule has 0 saturated heterocycles. The van der Waals surface area contributed by atoms with E-state index in [2.05, 4.69) is 215 Å². The molecule has 12 aromatic rings. The van der Waals surface area contributed by atoms with Gasteiger partial charge in [-0.1, -0.05) is 182 Å². The molecule has 0 N–H and O–H groups in total. The third-order valence-corrected chi connectivity index (χ3v) is 12.1. The van der Waals surface area contributed by atoms with Crippen molar-refractivity contribution in [2.45, 2.75) is 0 Å². The molecule has 0 fully saturated rings. The van der Waals surface area contributed by atoms with Crippen LogP contribution in [0, 0.1) is 0 Å². The SMILES string of the molecule is c1ccc(-c2cc(-c3c(-c4ccccc4)cc(-n4c5ccccc5c5ccc6c(c7ccccc7n6-c6ccccc6)c54)cc3-c3ccccc3)nc(-c3ccccc3)n2)cc1. The van der Waals surface area contributed by atoms with E-state index in [-0.39, 0.29) is 0 Å². The minimum absolute atomic E-state index is 0.684. The molecule has 0 bridgehead atoms. The zero-order valence-electron chi connectivity index (χ0n) is 33.7. The van der Waals surface area contributed by atoms with Crippen LogP contribution < -0.4 is 0 Å². The van der Waals surface area contributed by atoms with E-state index in [0.717, 1.165) is 67.2 Å². The lowest BCUT2D eigenvalue weighted by molar-refractivity contribution is 1.17. The number of benzene rings is 9. The van der Waals surface area contributed by atoms with Crippen molar-refractivity contribution in [3.8, 4) is 67.5 Å². The van der Waals surface area contributed by atoms with E-state index in [1.807, 2.05) is 24.3 Å². The molecule has 0 atom stereocenters. The fourth-order valence-corrected chi connectivity index (χ4v) is 9.40. The summed E-state index contributed by atoms with van der Waals surface area (Å²) in [7, 11) is 0. The van der Waals surface area contributed by atoms with E-state index < -0.39 is 0 Å². The van der Waals surface area contributed by atoms with Crippen molar-refractivity contribution in [1.82, 2.24) is 19.1 Å². The summed E-state index contributed by atoms with van der Waals surface area (Å²) < 4.78 is 4.91. The van der Waals surface area contributed by atoms with E-state index in [1.54, 1.807) is 0 Å². The second-order valence-electron chi connectivity index (χ2n) is 15.7. The predicted molar refractivity (Wildman–Crippen MR) is 258 cm³/mol. The summed E-state index contributed by atoms with van der Waals surface area (Å²) in [6.07, 6.45) is 0. The first-order valence-electron chi connectivity index (χ1n) is 21.1. The van der Waals surface area contributed by atoms with Gasteiger partial charge in [-0.25, -0.2) is 9.97 Å². The first kappa shape index (κ1) is 35.6. The second kappa shape index (κ2) is 14.7. The smallest absolute Gasteiger partial charge is 0.160 e. The van der Waals surface area contributed by atoms with Gasteiger partial charge in [-0.05, 0) is 70.8 Å². The lowest BCUT2D eigenvalue weighted by Gasteiger charge is -2.20. The van der Waals surface area contributed by atoms with Crippen molar-refractivity contribution < 1.29 is 0 Å². The van der Waals surface area contributed by atoms with Crippen LogP contribution >= 0.6 is 0 Å². The van der Waals surface area contributed by atoms with Crippen LogP contribution in [0.4, 0.5) is 0 Å². The first-order chi connectivity index (χ1) is 30.8. The second-order valence-corrected chi connectivity index (χ2v) is 15.7. The van der Waals surface area contributed by atoms with Crippen molar-refractivity contribution in [3.63, 3.8) is 0 Å². The van der Waals surface area contributed by atoms with Crippen LogP contribution in [0.3, 0.4) is 0 Å². The molecular weight excluding hydrogens is 753 g/mol. The number of hydrogen-bond acceptors (Lipinski definition) is 2. The summed E-state index contributed by atoms with van der Waals surface area (Å²) in [5.74, 6) is 0.684. The summed E-state index contributed by atoms with van der Waals surface area (Å²) in [6, 6.07) is 82.2. The van der Waals surface area contributed by atoms with Gasteiger partial charge in [0.15, 0.2) is 5.82 Å². The lowest BCUT2D eigenvalue weighted by Crippen LogP contribution is -2.02. The van der Waals surface area contributed by atoms with Crippen molar-refractivity contribution in [2.75, 3.05) is 0 Å². The molecule has 4 nitrogen and oxygen atoms in total. The van der Waals surface area contributed by atoms with Crippen molar-refractivity contribution in [3.05, 3.63) is 231 Å². The van der Waals surface area contributed by atoms with Gasteiger partial charge in [-0.2, -0.15) is 0 Å². The summed E-state index contributed by atoms with van der Waals surface area (Å²) in [5, 5.41) is 4.86. The predicted octanol–water partition coefficient (Wildman–Crippen LogP) is 15.0. The van der Waals surface area contributed by atoms with Crippen LogP contribution in [-0.2, 0) is 0 Å². The Labute approximate surface area is 359 Å². The van der Waals surface area contributed by atoms with E-state index >= 15 is 0 Å². The molecule has 3 aromatic heterocycles. The van der Waals surface area contributed by atoms with Crippen LogP contribution in [-0.4, -0.2) is 19.1 Å². The molecule has 290 valence electrons. The Balaban J connectivity index is 1.23. The fraction of sp³-hybridized carbons (Fsp3) is 0. The van der Waals surface area contributed by atoms with Gasteiger partial charge in [-0.3, -0.25) is 0 Å². The molecule has 0 radical (unpaired) electrons. The molecule has 9 aromatic carbocycles. The van der Waals surface area contributed by atoms with Crippen LogP contribution in [0.15, 0.2) is 231 Å². The van der Waals surface area contributed by atoms with E-state index in [9.17, 15) is 0 Å². The van der Waals surface area contributed by atoms with Crippen LogP contribution in [0.5, 0.6) is 0 Å². The zero-order valence-corrected chi connectivity index (χ0v) is 33.7. The topological polar surface area (TPSA) is 35.6 Å². The average molecular weight is 791 g/mol. The summed E-state index contributed by atoms with van der Waals surface area (Å²) in [4.78, 5) is 10.6. The third-order valence-electron chi connectivity index (χ3n) is 12.1. The highest BCUT2D eigenvalue weighted by atomic mass is 15.0. The fourth-order valence-electron chi connectivity index (χ4n) is 9.40. The average Bonchev–Trinajstić information content (AvgIpc) is 3.88. The molecule has 0 spiro atoms. The molecule has 0 aliphatic rings. The standard InChI is InChI=1S/C58H38N4/c1-6-20-39(21-7-1)48-36-44(37-49(40-22-8-2-9-23-40)55(48)51-38-50(41-24-10-3-11-25-41)59-58(60-51)42-26-12-4-13-27-42)62-52-32-18-16-30-45(52)46-34-35-54-56(57(46)62)47-31-17-19-33-53(47)61(54)43-28-14-5-15-29-43/h1-38H. The normalized spacial score (nSPS) is 11.5. The van der Waals surface area contributed by atoms with Gasteiger partial charge in [-0.15, -0.1) is 0 Å². The van der Waals surface area contributed by atoms with Gasteiger partial charge in [0.2, 0.25) is 0 Å². The van der Waals surface area contributed by atoms with Gasteiger partial charge < -0.3 is 9.13 Å². The minimum atomic E-state index is 0.684. The Hall–Kier alpha value is -8.34. The summed E-state index contributed by atoms with van der Waals surface area (Å²) in [5.41, 5.74) is 16.1. The largest absolute Gasteiger partial charge is 0.309 e. The van der Waals surface area contributed by atoms with Gasteiger partial charge in [0.05, 0.1) is 33.5 Å². The molecule has 0 saturated carbocycles. The molecule has 12 rings (SSSR count). The van der Waals surface area contributed by atoms with Crippen LogP contribution in [0.1, 0.15) is 0 Å². The van der Waals surface area contributed by atoms with Gasteiger partial charge in [0.25, 0.3) is 0 Å². The monoisotopic (exact) mass is 790 g/mol. The molecular formula is C58H38N4. The van der Waals surface area contributed by atoms with Crippen molar-refractivity contribution in [1.29, 1.82) is 0 Å². The quantitative estimate of drug-likeness (QED) is 0.161. The molecule has 0 aliphatic heterocycles. The Morgan fingerprint density at radius 1 is 0.306 bits per heavy atom. The maximum atomic E-state index is 5.45. The minimum Gasteiger partial charge on any atom is -0.309 e. The highest BCUT2D eigenvalue weighted by molar-refractivity contribution is 6.26. The molecule has 4 heteroatoms. The lowest BCUT2D eigenvalue weighted by atomic mass is 9.88. The zero-order chi connectivity index (χ0) is 41.0. The number of para-hydroxylation sites is 3. The third kappa shape index (κ3) is 5.84. The maximum absolute atomic E-state index is 5.45. The highest BCUT2D eigenvalue weighted by Crippen LogP contribution is 2.46. The van der Waals surface area contributed by atoms with E-state index in [4.69, 9.17) is 9.97 Å². The molecule has 0 amide bonds. The van der Waals surface area contributed by atoms with Gasteiger partial charge >= 0.3 is 0 Å². The molecule has 0 aliphatic carbocycles. The maximum Gasteiger partial charge on any atom is 0.160 e. The van der Waals surface area contributed by atoms with Crippen molar-refractivity contribution >= 4 is 43.6 Å². The van der Waals surface area contributed by atoms with Gasteiger partial charge in [0.1, 0.15) is 0 Å². The number of hydrogen-bond donors (Lipinski definition) is 0. The number of nitrogens with zero attached hydrogens (tertiary/aromatic N) is 4. The molecule has 62 heavy (non-hydrogen) atoms. The van der Waals surface area contributed by atoms with Crippen molar-refractivity contribution in [2.24, 2.45) is 0 Å². The number of aromatic nitrogens is 4. The Morgan fingerprint density at radius 3 is 1.40 bits per heavy atom. The first-order valence-corrected chi connectivity index (χ1v) is 21.1. The molecule has 0 unspecified atom stereocenters. The highest BCUT2D eigenvalue weighted by Gasteiger charge is 2.24. The van der Waals surface area contributed by atoms with Crippen LogP contribution in [0.2, 0.25) is 0 Å². The Kier molecular flexibility index (Phi) is 8.46. The number of rotatable bonds is 7. The number of fused-ring (bicyclic) bond motifs is 7. The van der Waals surface area contributed by atoms with E-state index in [1.165, 1.54) is 38.1 Å². The van der Waals surface area contributed by atoms with E-state index in [0.29, 0.717) is 5.82 Å². The Morgan fingerprint density at radius 2 is 0.790 bits per heavy atom. The molecule has 3 heterocycles. The van der Waals surface area contributed by atoms with Crippen LogP contribution in [0.25, 0.3) is 111 Å². The summed E-state index contributed by atoms with van der Waals surface area (Å²) >= 11 is 0. The summed E-state index contributed by atoms with van der Waals surface area (Å²) in [6.45, 7) is 0. The Bertz CT molecular complexity index is 3470. The van der Waals surface area contributed by atoms with Gasteiger partial charge in [0, 0.05) is 49.6 Å².